The Morgan fingerprint density at radius 1 is 1.47 bits per heavy atom. The van der Waals surface area contributed by atoms with E-state index in [1.54, 1.807) is 39.2 Å². The SMILES string of the molecule is COc1ccc(Cl)c(NC(=O)C(C)(C)CCl)c1. The molecule has 0 saturated carbocycles. The van der Waals surface area contributed by atoms with Gasteiger partial charge in [-0.15, -0.1) is 11.6 Å². The number of benzene rings is 1. The lowest BCUT2D eigenvalue weighted by Crippen LogP contribution is -2.32. The Morgan fingerprint density at radius 3 is 2.65 bits per heavy atom. The van der Waals surface area contributed by atoms with E-state index in [0.29, 0.717) is 16.5 Å². The molecule has 17 heavy (non-hydrogen) atoms. The molecule has 0 aromatic heterocycles. The molecule has 0 aliphatic rings. The molecule has 1 N–H and O–H groups in total. The van der Waals surface area contributed by atoms with E-state index in [1.807, 2.05) is 0 Å². The normalized spacial score (nSPS) is 11.1. The fourth-order valence-electron chi connectivity index (χ4n) is 1.08. The molecule has 0 fully saturated rings. The van der Waals surface area contributed by atoms with Gasteiger partial charge in [0.15, 0.2) is 0 Å². The van der Waals surface area contributed by atoms with Gasteiger partial charge >= 0.3 is 0 Å². The first-order valence-electron chi connectivity index (χ1n) is 5.11. The number of hydrogen-bond acceptors (Lipinski definition) is 2. The van der Waals surface area contributed by atoms with Gasteiger partial charge in [0.2, 0.25) is 5.91 Å². The molecule has 0 spiro atoms. The van der Waals surface area contributed by atoms with Crippen molar-refractivity contribution in [1.29, 1.82) is 0 Å². The highest BCUT2D eigenvalue weighted by atomic mass is 35.5. The van der Waals surface area contributed by atoms with E-state index in [0.717, 1.165) is 0 Å². The molecule has 0 unspecified atom stereocenters. The van der Waals surface area contributed by atoms with Gasteiger partial charge in [-0.25, -0.2) is 0 Å². The number of nitrogens with one attached hydrogen (secondary N) is 1. The lowest BCUT2D eigenvalue weighted by Gasteiger charge is -2.21. The Bertz CT molecular complexity index is 419. The number of carbonyl (C=O) groups is 1. The fraction of sp³-hybridized carbons (Fsp3) is 0.417. The third-order valence-electron chi connectivity index (χ3n) is 2.37. The minimum absolute atomic E-state index is 0.178. The van der Waals surface area contributed by atoms with Crippen LogP contribution >= 0.6 is 23.2 Å². The highest BCUT2D eigenvalue weighted by Crippen LogP contribution is 2.28. The van der Waals surface area contributed by atoms with Gasteiger partial charge in [-0.05, 0) is 26.0 Å². The molecule has 0 radical (unpaired) electrons. The average Bonchev–Trinajstić information content (AvgIpc) is 2.31. The summed E-state index contributed by atoms with van der Waals surface area (Å²) in [5.74, 6) is 0.691. The van der Waals surface area contributed by atoms with Gasteiger partial charge in [-0.2, -0.15) is 0 Å². The number of anilines is 1. The zero-order valence-corrected chi connectivity index (χ0v) is 11.5. The quantitative estimate of drug-likeness (QED) is 0.854. The number of alkyl halides is 1. The largest absolute Gasteiger partial charge is 0.497 e. The van der Waals surface area contributed by atoms with Gasteiger partial charge in [0.05, 0.1) is 23.2 Å². The molecule has 0 saturated heterocycles. The standard InChI is InChI=1S/C12H15Cl2NO2/c1-12(2,7-13)11(16)15-10-6-8(17-3)4-5-9(10)14/h4-6H,7H2,1-3H3,(H,15,16). The number of carbonyl (C=O) groups excluding carboxylic acids is 1. The summed E-state index contributed by atoms with van der Waals surface area (Å²) in [7, 11) is 1.55. The molecule has 94 valence electrons. The summed E-state index contributed by atoms with van der Waals surface area (Å²) in [5.41, 5.74) is -0.122. The van der Waals surface area contributed by atoms with E-state index in [4.69, 9.17) is 27.9 Å². The summed E-state index contributed by atoms with van der Waals surface area (Å²) in [6, 6.07) is 5.07. The van der Waals surface area contributed by atoms with E-state index in [1.165, 1.54) is 0 Å². The molecule has 1 aromatic carbocycles. The van der Waals surface area contributed by atoms with Gasteiger partial charge in [0.25, 0.3) is 0 Å². The Labute approximate surface area is 111 Å². The van der Waals surface area contributed by atoms with Crippen molar-refractivity contribution in [2.45, 2.75) is 13.8 Å². The molecular weight excluding hydrogens is 261 g/mol. The third kappa shape index (κ3) is 3.51. The maximum atomic E-state index is 11.9. The number of rotatable bonds is 4. The molecule has 1 amide bonds. The molecule has 0 bridgehead atoms. The first-order valence-corrected chi connectivity index (χ1v) is 6.03. The van der Waals surface area contributed by atoms with Crippen molar-refractivity contribution in [2.75, 3.05) is 18.3 Å². The lowest BCUT2D eigenvalue weighted by atomic mass is 9.95. The summed E-state index contributed by atoms with van der Waals surface area (Å²) >= 11 is 11.7. The van der Waals surface area contributed by atoms with E-state index in [-0.39, 0.29) is 11.8 Å². The summed E-state index contributed by atoms with van der Waals surface area (Å²) in [4.78, 5) is 11.9. The van der Waals surface area contributed by atoms with Gasteiger partial charge in [-0.3, -0.25) is 4.79 Å². The van der Waals surface area contributed by atoms with Crippen molar-refractivity contribution in [1.82, 2.24) is 0 Å². The topological polar surface area (TPSA) is 38.3 Å². The number of hydrogen-bond donors (Lipinski definition) is 1. The second-order valence-electron chi connectivity index (χ2n) is 4.32. The summed E-state index contributed by atoms with van der Waals surface area (Å²) in [6.45, 7) is 3.53. The van der Waals surface area contributed by atoms with Crippen molar-refractivity contribution < 1.29 is 9.53 Å². The third-order valence-corrected chi connectivity index (χ3v) is 3.37. The summed E-state index contributed by atoms with van der Waals surface area (Å²) < 4.78 is 5.07. The number of methoxy groups -OCH3 is 1. The maximum absolute atomic E-state index is 11.9. The first-order chi connectivity index (χ1) is 7.90. The molecular formula is C12H15Cl2NO2. The van der Waals surface area contributed by atoms with Crippen molar-refractivity contribution in [2.24, 2.45) is 5.41 Å². The van der Waals surface area contributed by atoms with Crippen molar-refractivity contribution >= 4 is 34.8 Å². The zero-order valence-electron chi connectivity index (χ0n) is 10.0. The van der Waals surface area contributed by atoms with Crippen LogP contribution in [0.4, 0.5) is 5.69 Å². The van der Waals surface area contributed by atoms with Crippen molar-refractivity contribution in [3.8, 4) is 5.75 Å². The number of halogens is 2. The molecule has 5 heteroatoms. The lowest BCUT2D eigenvalue weighted by molar-refractivity contribution is -0.122. The van der Waals surface area contributed by atoms with Crippen LogP contribution in [0, 0.1) is 5.41 Å². The smallest absolute Gasteiger partial charge is 0.231 e. The highest BCUT2D eigenvalue weighted by Gasteiger charge is 2.27. The highest BCUT2D eigenvalue weighted by molar-refractivity contribution is 6.33. The van der Waals surface area contributed by atoms with Crippen LogP contribution in [-0.4, -0.2) is 18.9 Å². The second kappa shape index (κ2) is 5.61. The van der Waals surface area contributed by atoms with E-state index >= 15 is 0 Å². The molecule has 0 aliphatic heterocycles. The van der Waals surface area contributed by atoms with Gasteiger partial charge in [0, 0.05) is 11.9 Å². The monoisotopic (exact) mass is 275 g/mol. The van der Waals surface area contributed by atoms with Crippen molar-refractivity contribution in [3.63, 3.8) is 0 Å². The Hall–Kier alpha value is -0.930. The van der Waals surface area contributed by atoms with Crippen LogP contribution < -0.4 is 10.1 Å². The molecule has 1 aromatic rings. The van der Waals surface area contributed by atoms with Gasteiger partial charge in [-0.1, -0.05) is 11.6 Å². The van der Waals surface area contributed by atoms with Crippen LogP contribution in [-0.2, 0) is 4.79 Å². The second-order valence-corrected chi connectivity index (χ2v) is 4.99. The molecule has 0 aliphatic carbocycles. The van der Waals surface area contributed by atoms with Crippen LogP contribution in [0.3, 0.4) is 0 Å². The van der Waals surface area contributed by atoms with Gasteiger partial charge < -0.3 is 10.1 Å². The van der Waals surface area contributed by atoms with Crippen LogP contribution in [0.1, 0.15) is 13.8 Å². The predicted molar refractivity (Wildman–Crippen MR) is 71.1 cm³/mol. The molecule has 1 rings (SSSR count). The fourth-order valence-corrected chi connectivity index (χ4v) is 1.37. The minimum Gasteiger partial charge on any atom is -0.497 e. The number of amides is 1. The van der Waals surface area contributed by atoms with E-state index < -0.39 is 5.41 Å². The zero-order chi connectivity index (χ0) is 13.1. The molecule has 3 nitrogen and oxygen atoms in total. The summed E-state index contributed by atoms with van der Waals surface area (Å²) in [5, 5.41) is 3.20. The number of ether oxygens (including phenoxy) is 1. The van der Waals surface area contributed by atoms with E-state index in [9.17, 15) is 4.79 Å². The minimum atomic E-state index is -0.645. The van der Waals surface area contributed by atoms with Crippen molar-refractivity contribution in [3.05, 3.63) is 23.2 Å². The maximum Gasteiger partial charge on any atom is 0.231 e. The molecule has 0 atom stereocenters. The Balaban J connectivity index is 2.91. The Kier molecular flexibility index (Phi) is 4.66. The summed E-state index contributed by atoms with van der Waals surface area (Å²) in [6.07, 6.45) is 0. The van der Waals surface area contributed by atoms with E-state index in [2.05, 4.69) is 5.32 Å². The molecule has 0 heterocycles. The Morgan fingerprint density at radius 2 is 2.12 bits per heavy atom. The first kappa shape index (κ1) is 14.1. The van der Waals surface area contributed by atoms with Crippen LogP contribution in [0.5, 0.6) is 5.75 Å². The average molecular weight is 276 g/mol. The van der Waals surface area contributed by atoms with Crippen LogP contribution in [0.2, 0.25) is 5.02 Å². The van der Waals surface area contributed by atoms with Gasteiger partial charge in [0.1, 0.15) is 5.75 Å². The predicted octanol–water partition coefficient (Wildman–Crippen LogP) is 3.55. The van der Waals surface area contributed by atoms with Crippen LogP contribution in [0.25, 0.3) is 0 Å². The van der Waals surface area contributed by atoms with Crippen LogP contribution in [0.15, 0.2) is 18.2 Å².